The molecule has 1 N–H and O–H groups in total. The van der Waals surface area contributed by atoms with Crippen LogP contribution >= 0.6 is 15.9 Å². The quantitative estimate of drug-likeness (QED) is 0.845. The van der Waals surface area contributed by atoms with Crippen LogP contribution in [0.5, 0.6) is 0 Å². The van der Waals surface area contributed by atoms with Crippen molar-refractivity contribution in [3.05, 3.63) is 34.3 Å². The van der Waals surface area contributed by atoms with Crippen molar-refractivity contribution in [1.82, 2.24) is 5.32 Å². The Bertz CT molecular complexity index is 496. The highest BCUT2D eigenvalue weighted by molar-refractivity contribution is 9.10. The van der Waals surface area contributed by atoms with Crippen LogP contribution in [0.4, 0.5) is 13.2 Å². The molecule has 0 saturated heterocycles. The van der Waals surface area contributed by atoms with Crippen molar-refractivity contribution in [1.29, 1.82) is 0 Å². The Morgan fingerprint density at radius 2 is 1.90 bits per heavy atom. The number of carbonyl (C=O) groups is 1. The molecule has 0 atom stereocenters. The highest BCUT2D eigenvalue weighted by atomic mass is 79.9. The molecule has 116 valence electrons. The zero-order chi connectivity index (χ0) is 15.5. The standard InChI is InChI=1S/C15H17BrF3NO/c16-13-3-1-2-10(8-13)9-20-14(21)11-4-6-12(7-5-11)15(17,18)19/h1-3,8,11-12H,4-7,9H2,(H,20,21). The maximum Gasteiger partial charge on any atom is 0.391 e. The Morgan fingerprint density at radius 3 is 2.48 bits per heavy atom. The minimum atomic E-state index is -4.13. The van der Waals surface area contributed by atoms with Crippen molar-refractivity contribution in [3.63, 3.8) is 0 Å². The first-order valence-corrected chi connectivity index (χ1v) is 7.74. The molecule has 1 aliphatic carbocycles. The number of amides is 1. The van der Waals surface area contributed by atoms with Crippen LogP contribution in [0.15, 0.2) is 28.7 Å². The SMILES string of the molecule is O=C(NCc1cccc(Br)c1)C1CCC(C(F)(F)F)CC1. The fraction of sp³-hybridized carbons (Fsp3) is 0.533. The Kier molecular flexibility index (Phi) is 5.30. The van der Waals surface area contributed by atoms with Crippen LogP contribution in [0.2, 0.25) is 0 Å². The van der Waals surface area contributed by atoms with Crippen LogP contribution in [-0.4, -0.2) is 12.1 Å². The number of nitrogens with one attached hydrogen (secondary N) is 1. The van der Waals surface area contributed by atoms with Gasteiger partial charge in [0.1, 0.15) is 0 Å². The van der Waals surface area contributed by atoms with Crippen LogP contribution in [0.3, 0.4) is 0 Å². The minimum Gasteiger partial charge on any atom is -0.352 e. The topological polar surface area (TPSA) is 29.1 Å². The predicted molar refractivity (Wildman–Crippen MR) is 77.5 cm³/mol. The Labute approximate surface area is 130 Å². The van der Waals surface area contributed by atoms with Gasteiger partial charge in [0.15, 0.2) is 0 Å². The molecule has 1 aliphatic rings. The van der Waals surface area contributed by atoms with Crippen molar-refractivity contribution in [2.24, 2.45) is 11.8 Å². The van der Waals surface area contributed by atoms with Gasteiger partial charge >= 0.3 is 6.18 Å². The van der Waals surface area contributed by atoms with Gasteiger partial charge < -0.3 is 5.32 Å². The summed E-state index contributed by atoms with van der Waals surface area (Å²) in [7, 11) is 0. The van der Waals surface area contributed by atoms with Gasteiger partial charge in [0.05, 0.1) is 5.92 Å². The molecule has 21 heavy (non-hydrogen) atoms. The van der Waals surface area contributed by atoms with Gasteiger partial charge in [-0.05, 0) is 43.4 Å². The lowest BCUT2D eigenvalue weighted by Crippen LogP contribution is -2.35. The summed E-state index contributed by atoms with van der Waals surface area (Å²) in [6.07, 6.45) is -3.39. The average molecular weight is 364 g/mol. The molecule has 0 heterocycles. The summed E-state index contributed by atoms with van der Waals surface area (Å²) >= 11 is 3.35. The van der Waals surface area contributed by atoms with E-state index in [0.29, 0.717) is 19.4 Å². The van der Waals surface area contributed by atoms with Crippen LogP contribution in [0.1, 0.15) is 31.2 Å². The van der Waals surface area contributed by atoms with Gasteiger partial charge in [0.25, 0.3) is 0 Å². The second kappa shape index (κ2) is 6.81. The van der Waals surface area contributed by atoms with E-state index in [4.69, 9.17) is 0 Å². The lowest BCUT2D eigenvalue weighted by molar-refractivity contribution is -0.184. The summed E-state index contributed by atoms with van der Waals surface area (Å²) in [5.41, 5.74) is 0.960. The molecule has 1 aromatic carbocycles. The van der Waals surface area contributed by atoms with Crippen LogP contribution < -0.4 is 5.32 Å². The van der Waals surface area contributed by atoms with E-state index in [1.807, 2.05) is 24.3 Å². The molecule has 1 fully saturated rings. The van der Waals surface area contributed by atoms with E-state index in [2.05, 4.69) is 21.2 Å². The molecule has 1 saturated carbocycles. The molecule has 2 rings (SSSR count). The third-order valence-electron chi connectivity index (χ3n) is 3.92. The maximum atomic E-state index is 12.6. The molecule has 0 radical (unpaired) electrons. The van der Waals surface area contributed by atoms with E-state index in [-0.39, 0.29) is 24.7 Å². The molecule has 1 aromatic rings. The third kappa shape index (κ3) is 4.73. The van der Waals surface area contributed by atoms with E-state index < -0.39 is 12.1 Å². The highest BCUT2D eigenvalue weighted by Crippen LogP contribution is 2.39. The number of hydrogen-bond acceptors (Lipinski definition) is 1. The zero-order valence-electron chi connectivity index (χ0n) is 11.4. The highest BCUT2D eigenvalue weighted by Gasteiger charge is 2.42. The summed E-state index contributed by atoms with van der Waals surface area (Å²) in [6.45, 7) is 0.400. The van der Waals surface area contributed by atoms with Gasteiger partial charge in [0, 0.05) is 16.9 Å². The molecular weight excluding hydrogens is 347 g/mol. The van der Waals surface area contributed by atoms with E-state index in [9.17, 15) is 18.0 Å². The molecule has 0 bridgehead atoms. The van der Waals surface area contributed by atoms with Crippen molar-refractivity contribution in [2.75, 3.05) is 0 Å². The first-order valence-electron chi connectivity index (χ1n) is 6.95. The molecule has 0 spiro atoms. The monoisotopic (exact) mass is 363 g/mol. The van der Waals surface area contributed by atoms with Crippen LogP contribution in [0, 0.1) is 11.8 Å². The third-order valence-corrected chi connectivity index (χ3v) is 4.41. The van der Waals surface area contributed by atoms with E-state index in [0.717, 1.165) is 10.0 Å². The van der Waals surface area contributed by atoms with Crippen molar-refractivity contribution in [2.45, 2.75) is 38.4 Å². The molecule has 1 amide bonds. The van der Waals surface area contributed by atoms with Crippen molar-refractivity contribution in [3.8, 4) is 0 Å². The zero-order valence-corrected chi connectivity index (χ0v) is 13.0. The Balaban J connectivity index is 1.80. The van der Waals surface area contributed by atoms with Crippen molar-refractivity contribution < 1.29 is 18.0 Å². The fourth-order valence-corrected chi connectivity index (χ4v) is 3.11. The summed E-state index contributed by atoms with van der Waals surface area (Å²) in [5.74, 6) is -1.68. The maximum absolute atomic E-state index is 12.6. The Morgan fingerprint density at radius 1 is 1.24 bits per heavy atom. The lowest BCUT2D eigenvalue weighted by atomic mass is 9.81. The summed E-state index contributed by atoms with van der Waals surface area (Å²) in [4.78, 5) is 12.0. The van der Waals surface area contributed by atoms with Gasteiger partial charge in [-0.15, -0.1) is 0 Å². The molecule has 0 unspecified atom stereocenters. The van der Waals surface area contributed by atoms with Gasteiger partial charge in [-0.3, -0.25) is 4.79 Å². The predicted octanol–water partition coefficient (Wildman–Crippen LogP) is 4.43. The second-order valence-electron chi connectivity index (χ2n) is 5.44. The van der Waals surface area contributed by atoms with E-state index in [1.54, 1.807) is 0 Å². The number of carbonyl (C=O) groups excluding carboxylic acids is 1. The van der Waals surface area contributed by atoms with Gasteiger partial charge in [-0.1, -0.05) is 28.1 Å². The molecule has 0 aliphatic heterocycles. The number of halogens is 4. The molecule has 6 heteroatoms. The molecular formula is C15H17BrF3NO. The smallest absolute Gasteiger partial charge is 0.352 e. The summed E-state index contributed by atoms with van der Waals surface area (Å²) in [6, 6.07) is 7.57. The normalized spacial score (nSPS) is 22.9. The van der Waals surface area contributed by atoms with Gasteiger partial charge in [0.2, 0.25) is 5.91 Å². The molecule has 0 aromatic heterocycles. The number of alkyl halides is 3. The van der Waals surface area contributed by atoms with Gasteiger partial charge in [-0.25, -0.2) is 0 Å². The van der Waals surface area contributed by atoms with Crippen LogP contribution in [0.25, 0.3) is 0 Å². The van der Waals surface area contributed by atoms with E-state index >= 15 is 0 Å². The van der Waals surface area contributed by atoms with Crippen LogP contribution in [-0.2, 0) is 11.3 Å². The van der Waals surface area contributed by atoms with Gasteiger partial charge in [-0.2, -0.15) is 13.2 Å². The average Bonchev–Trinajstić information content (AvgIpc) is 2.44. The largest absolute Gasteiger partial charge is 0.391 e. The van der Waals surface area contributed by atoms with Crippen molar-refractivity contribution >= 4 is 21.8 Å². The fourth-order valence-electron chi connectivity index (χ4n) is 2.66. The first kappa shape index (κ1) is 16.3. The summed E-state index contributed by atoms with van der Waals surface area (Å²) < 4.78 is 38.6. The molecule has 2 nitrogen and oxygen atoms in total. The lowest BCUT2D eigenvalue weighted by Gasteiger charge is -2.29. The van der Waals surface area contributed by atoms with E-state index in [1.165, 1.54) is 0 Å². The number of benzene rings is 1. The first-order chi connectivity index (χ1) is 9.86. The second-order valence-corrected chi connectivity index (χ2v) is 6.35. The minimum absolute atomic E-state index is 0.0540. The number of rotatable bonds is 3. The Hall–Kier alpha value is -1.04. The number of hydrogen-bond donors (Lipinski definition) is 1. The summed E-state index contributed by atoms with van der Waals surface area (Å²) in [5, 5.41) is 2.81.